The van der Waals surface area contributed by atoms with Crippen LogP contribution in [0.2, 0.25) is 0 Å². The molecule has 1 aliphatic heterocycles. The van der Waals surface area contributed by atoms with E-state index in [1.807, 2.05) is 0 Å². The lowest BCUT2D eigenvalue weighted by atomic mass is 9.96. The van der Waals surface area contributed by atoms with Gasteiger partial charge < -0.3 is 35.1 Å². The average Bonchev–Trinajstić information content (AvgIpc) is 3.23. The lowest BCUT2D eigenvalue weighted by Gasteiger charge is -2.33. The number of aliphatic hydroxyl groups excluding tert-OH is 1. The van der Waals surface area contributed by atoms with Crippen LogP contribution in [-0.2, 0) is 37.5 Å². The van der Waals surface area contributed by atoms with Crippen LogP contribution in [0.25, 0.3) is 0 Å². The molecule has 2 aromatic carbocycles. The summed E-state index contributed by atoms with van der Waals surface area (Å²) in [6.45, 7) is 0.245. The number of carboxylic acid groups (broad SMARTS) is 1. The minimum Gasteiger partial charge on any atom is -0.481 e. The minimum atomic E-state index is -5.33. The average molecular weight is 665 g/mol. The highest BCUT2D eigenvalue weighted by Crippen LogP contribution is 2.46. The Balaban J connectivity index is 1.52. The maximum atomic E-state index is 13.3. The van der Waals surface area contributed by atoms with Crippen molar-refractivity contribution in [3.63, 3.8) is 0 Å². The molecule has 1 aliphatic rings. The molecule has 6 N–H and O–H groups in total. The van der Waals surface area contributed by atoms with Gasteiger partial charge in [-0.1, -0.05) is 48.5 Å². The molecular formula is C28H33N4O13P. The summed E-state index contributed by atoms with van der Waals surface area (Å²) in [7, 11) is -4.01. The quantitative estimate of drug-likeness (QED) is 0.0921. The van der Waals surface area contributed by atoms with Crippen LogP contribution in [0.3, 0.4) is 0 Å². The van der Waals surface area contributed by atoms with Crippen LogP contribution in [0.4, 0.5) is 11.5 Å². The predicted octanol–water partition coefficient (Wildman–Crippen LogP) is 1.12. The van der Waals surface area contributed by atoms with Crippen molar-refractivity contribution in [2.75, 3.05) is 24.5 Å². The standard InChI is InChI=1S/C28H33N4O13P/c1-28(38)23(35)20(43-26(28)31-14-13-21(29)30-27(31)37)16-42-46(39,40)45-24(36)19(15-22(33)34)32(18-11-7-4-8-12-18)44-25(41-2)17-9-5-3-6-10-17/h3-14,19-20,23,25-26,35,38H,15-16H2,1-2H3,(H,33,34)(H,39,40)(H2,29,30,37)/t19-,20+,23+,25?,26+,28+/m0/s1. The zero-order chi connectivity index (χ0) is 33.6. The van der Waals surface area contributed by atoms with Gasteiger partial charge in [0.1, 0.15) is 23.6 Å². The number of aromatic nitrogens is 2. The molecule has 0 spiro atoms. The van der Waals surface area contributed by atoms with Gasteiger partial charge in [0.2, 0.25) is 6.29 Å². The van der Waals surface area contributed by atoms with Crippen molar-refractivity contribution in [2.24, 2.45) is 0 Å². The molecule has 1 saturated heterocycles. The number of carbonyl (C=O) groups is 2. The number of ether oxygens (including phenoxy) is 2. The first kappa shape index (κ1) is 34.7. The first-order valence-corrected chi connectivity index (χ1v) is 15.1. The highest BCUT2D eigenvalue weighted by molar-refractivity contribution is 7.48. The van der Waals surface area contributed by atoms with Crippen LogP contribution in [0.5, 0.6) is 0 Å². The molecule has 1 fully saturated rings. The molecule has 4 rings (SSSR count). The van der Waals surface area contributed by atoms with Crippen molar-refractivity contribution >= 4 is 31.3 Å². The number of phosphoric acid groups is 1. The van der Waals surface area contributed by atoms with E-state index in [0.717, 1.165) is 16.6 Å². The molecule has 18 heteroatoms. The molecule has 0 aliphatic carbocycles. The van der Waals surface area contributed by atoms with Gasteiger partial charge in [0, 0.05) is 18.9 Å². The van der Waals surface area contributed by atoms with Crippen LogP contribution in [-0.4, -0.2) is 79.3 Å². The second-order valence-corrected chi connectivity index (χ2v) is 11.7. The zero-order valence-electron chi connectivity index (χ0n) is 24.6. The number of nitrogens with two attached hydrogens (primary N) is 1. The Kier molecular flexibility index (Phi) is 10.9. The third-order valence-corrected chi connectivity index (χ3v) is 7.78. The van der Waals surface area contributed by atoms with Crippen molar-refractivity contribution < 1.29 is 57.7 Å². The summed E-state index contributed by atoms with van der Waals surface area (Å²) in [4.78, 5) is 57.4. The number of hydroxylamine groups is 1. The first-order valence-electron chi connectivity index (χ1n) is 13.7. The number of rotatable bonds is 14. The van der Waals surface area contributed by atoms with E-state index in [4.69, 9.17) is 29.1 Å². The molecule has 7 atom stereocenters. The number of phosphoric ester groups is 1. The van der Waals surface area contributed by atoms with E-state index in [-0.39, 0.29) is 11.5 Å². The zero-order valence-corrected chi connectivity index (χ0v) is 25.5. The van der Waals surface area contributed by atoms with E-state index in [0.29, 0.717) is 5.56 Å². The van der Waals surface area contributed by atoms with Gasteiger partial charge in [0.05, 0.1) is 18.7 Å². The third kappa shape index (κ3) is 8.14. The van der Waals surface area contributed by atoms with Crippen LogP contribution < -0.4 is 16.5 Å². The molecule has 3 aromatic rings. The van der Waals surface area contributed by atoms with Gasteiger partial charge in [-0.3, -0.25) is 18.8 Å². The summed E-state index contributed by atoms with van der Waals surface area (Å²) in [5.74, 6) is -3.09. The number of carboxylic acids is 1. The molecular weight excluding hydrogens is 631 g/mol. The fourth-order valence-corrected chi connectivity index (χ4v) is 5.36. The molecule has 1 aromatic heterocycles. The number of nitrogens with zero attached hydrogens (tertiary/aromatic N) is 3. The molecule has 17 nitrogen and oxygen atoms in total. The number of aliphatic hydroxyl groups is 2. The fourth-order valence-electron chi connectivity index (χ4n) is 4.62. The topological polar surface area (TPSA) is 242 Å². The van der Waals surface area contributed by atoms with Gasteiger partial charge in [-0.25, -0.2) is 24.1 Å². The number of aliphatic carboxylic acids is 1. The van der Waals surface area contributed by atoms with E-state index in [9.17, 15) is 39.2 Å². The summed E-state index contributed by atoms with van der Waals surface area (Å²) in [5, 5.41) is 32.0. The van der Waals surface area contributed by atoms with E-state index >= 15 is 0 Å². The van der Waals surface area contributed by atoms with Crippen LogP contribution in [0, 0.1) is 0 Å². The second-order valence-electron chi connectivity index (χ2n) is 10.3. The number of hydrogen-bond donors (Lipinski definition) is 5. The highest BCUT2D eigenvalue weighted by Gasteiger charge is 2.54. The van der Waals surface area contributed by atoms with Crippen molar-refractivity contribution in [2.45, 2.75) is 49.7 Å². The van der Waals surface area contributed by atoms with E-state index in [1.54, 1.807) is 48.5 Å². The Morgan fingerprint density at radius 1 is 1.15 bits per heavy atom. The first-order chi connectivity index (χ1) is 21.7. The number of anilines is 2. The monoisotopic (exact) mass is 664 g/mol. The number of benzene rings is 2. The van der Waals surface area contributed by atoms with Crippen molar-refractivity contribution in [1.82, 2.24) is 9.55 Å². The smallest absolute Gasteiger partial charge is 0.481 e. The van der Waals surface area contributed by atoms with Crippen LogP contribution >= 0.6 is 7.82 Å². The largest absolute Gasteiger partial charge is 0.529 e. The number of hydrogen-bond acceptors (Lipinski definition) is 14. The van der Waals surface area contributed by atoms with E-state index < -0.39 is 74.8 Å². The molecule has 248 valence electrons. The minimum absolute atomic E-state index is 0.0994. The van der Waals surface area contributed by atoms with Crippen LogP contribution in [0.15, 0.2) is 77.7 Å². The number of carbonyl (C=O) groups excluding carboxylic acids is 1. The fraction of sp³-hybridized carbons (Fsp3) is 0.357. The summed E-state index contributed by atoms with van der Waals surface area (Å²) in [6.07, 6.45) is -5.69. The Labute approximate surface area is 261 Å². The maximum Gasteiger partial charge on any atom is 0.529 e. The Morgan fingerprint density at radius 2 is 1.78 bits per heavy atom. The van der Waals surface area contributed by atoms with Crippen molar-refractivity contribution in [1.29, 1.82) is 0 Å². The number of nitrogen functional groups attached to an aromatic ring is 1. The molecule has 0 radical (unpaired) electrons. The third-order valence-electron chi connectivity index (χ3n) is 6.89. The van der Waals surface area contributed by atoms with Crippen molar-refractivity contribution in [3.05, 3.63) is 89.0 Å². The summed E-state index contributed by atoms with van der Waals surface area (Å²) >= 11 is 0. The Bertz CT molecular complexity index is 1610. The summed E-state index contributed by atoms with van der Waals surface area (Å²) < 4.78 is 34.4. The van der Waals surface area contributed by atoms with E-state index in [2.05, 4.69) is 4.98 Å². The molecule has 2 heterocycles. The molecule has 2 unspecified atom stereocenters. The molecule has 0 saturated carbocycles. The molecule has 0 bridgehead atoms. The van der Waals surface area contributed by atoms with E-state index in [1.165, 1.54) is 31.5 Å². The highest BCUT2D eigenvalue weighted by atomic mass is 31.2. The number of para-hydroxylation sites is 1. The predicted molar refractivity (Wildman–Crippen MR) is 158 cm³/mol. The molecule has 46 heavy (non-hydrogen) atoms. The number of methoxy groups -OCH3 is 1. The van der Waals surface area contributed by atoms with Crippen molar-refractivity contribution in [3.8, 4) is 0 Å². The van der Waals surface area contributed by atoms with Gasteiger partial charge in [0.25, 0.3) is 0 Å². The van der Waals surface area contributed by atoms with Gasteiger partial charge in [-0.15, -0.1) is 0 Å². The molecule has 0 amide bonds. The SMILES string of the molecule is COC(ON(c1ccccc1)[C@@H](CC(=O)O)C(=O)OP(=O)(O)OC[C@H]1O[C@@H](n2ccc(N)nc2=O)[C@](C)(O)[C@@H]1O)c1ccccc1. The van der Waals surface area contributed by atoms with Gasteiger partial charge in [-0.05, 0) is 25.1 Å². The Hall–Kier alpha value is -4.19. The van der Waals surface area contributed by atoms with Gasteiger partial charge in [-0.2, -0.15) is 4.98 Å². The van der Waals surface area contributed by atoms with Crippen LogP contribution in [0.1, 0.15) is 31.4 Å². The summed E-state index contributed by atoms with van der Waals surface area (Å²) in [5.41, 5.74) is 3.17. The summed E-state index contributed by atoms with van der Waals surface area (Å²) in [6, 6.07) is 15.7. The lowest BCUT2D eigenvalue weighted by molar-refractivity contribution is -0.162. The maximum absolute atomic E-state index is 13.3. The van der Waals surface area contributed by atoms with Gasteiger partial charge >= 0.3 is 25.5 Å². The van der Waals surface area contributed by atoms with Gasteiger partial charge in [0.15, 0.2) is 12.3 Å². The lowest BCUT2D eigenvalue weighted by Crippen LogP contribution is -2.46. The Morgan fingerprint density at radius 3 is 2.37 bits per heavy atom. The second kappa shape index (κ2) is 14.5. The normalized spacial score (nSPS) is 23.6.